The van der Waals surface area contributed by atoms with Crippen LogP contribution in [0.4, 0.5) is 4.79 Å². The molecule has 0 radical (unpaired) electrons. The number of fused-ring (bicyclic) bond motifs is 1. The molecule has 7 heteroatoms. The highest BCUT2D eigenvalue weighted by Gasteiger charge is 2.29. The monoisotopic (exact) mass is 274 g/mol. The molecule has 0 saturated carbocycles. The van der Waals surface area contributed by atoms with Crippen LogP contribution in [0.15, 0.2) is 24.5 Å². The summed E-state index contributed by atoms with van der Waals surface area (Å²) in [6.45, 7) is 0.799. The van der Waals surface area contributed by atoms with Gasteiger partial charge in [-0.05, 0) is 18.6 Å². The molecule has 20 heavy (non-hydrogen) atoms. The van der Waals surface area contributed by atoms with E-state index in [1.54, 1.807) is 23.2 Å². The van der Waals surface area contributed by atoms with E-state index in [9.17, 15) is 14.7 Å². The Bertz CT molecular complexity index is 694. The third-order valence-corrected chi connectivity index (χ3v) is 3.57. The summed E-state index contributed by atoms with van der Waals surface area (Å²) in [6, 6.07) is 3.04. The van der Waals surface area contributed by atoms with Gasteiger partial charge >= 0.3 is 6.09 Å². The van der Waals surface area contributed by atoms with Gasteiger partial charge in [0.2, 0.25) is 5.91 Å². The highest BCUT2D eigenvalue weighted by Crippen LogP contribution is 2.21. The van der Waals surface area contributed by atoms with Gasteiger partial charge in [-0.1, -0.05) is 0 Å². The Labute approximate surface area is 114 Å². The molecule has 3 N–H and O–H groups in total. The lowest BCUT2D eigenvalue weighted by Crippen LogP contribution is -2.34. The minimum atomic E-state index is -1.08. The lowest BCUT2D eigenvalue weighted by Gasteiger charge is -2.16. The third kappa shape index (κ3) is 1.92. The van der Waals surface area contributed by atoms with Crippen LogP contribution in [0.25, 0.3) is 10.9 Å². The molecule has 7 nitrogen and oxygen atoms in total. The fourth-order valence-corrected chi connectivity index (χ4v) is 2.56. The quantitative estimate of drug-likeness (QED) is 0.836. The fraction of sp³-hybridized carbons (Fsp3) is 0.308. The molecule has 1 amide bonds. The van der Waals surface area contributed by atoms with E-state index >= 15 is 0 Å². The Morgan fingerprint density at radius 1 is 1.55 bits per heavy atom. The van der Waals surface area contributed by atoms with Crippen molar-refractivity contribution in [2.45, 2.75) is 19.0 Å². The van der Waals surface area contributed by atoms with Crippen molar-refractivity contribution in [2.24, 2.45) is 5.73 Å². The van der Waals surface area contributed by atoms with Gasteiger partial charge in [0.25, 0.3) is 0 Å². The van der Waals surface area contributed by atoms with Crippen LogP contribution in [0.2, 0.25) is 0 Å². The summed E-state index contributed by atoms with van der Waals surface area (Å²) in [5.41, 5.74) is 6.73. The standard InChI is InChI=1S/C13H14N4O3/c14-10-2-4-16(12(10)18)7-9-5-8-1-3-15-6-11(8)17(9)13(19)20/h1,3,5-6,10H,2,4,7,14H2,(H,19,20)/t10-/m0/s1. The Morgan fingerprint density at radius 3 is 3.00 bits per heavy atom. The molecule has 3 rings (SSSR count). The van der Waals surface area contributed by atoms with Crippen molar-refractivity contribution < 1.29 is 14.7 Å². The highest BCUT2D eigenvalue weighted by molar-refractivity contribution is 5.90. The molecule has 0 spiro atoms. The van der Waals surface area contributed by atoms with E-state index in [-0.39, 0.29) is 12.5 Å². The van der Waals surface area contributed by atoms with E-state index in [1.807, 2.05) is 0 Å². The molecule has 0 aliphatic carbocycles. The predicted molar refractivity (Wildman–Crippen MR) is 71.2 cm³/mol. The van der Waals surface area contributed by atoms with Gasteiger partial charge in [0.1, 0.15) is 0 Å². The van der Waals surface area contributed by atoms with Crippen LogP contribution in [-0.2, 0) is 11.3 Å². The van der Waals surface area contributed by atoms with Gasteiger partial charge in [0, 0.05) is 23.8 Å². The van der Waals surface area contributed by atoms with Gasteiger partial charge < -0.3 is 15.7 Å². The molecule has 1 aliphatic heterocycles. The van der Waals surface area contributed by atoms with Crippen molar-refractivity contribution in [3.63, 3.8) is 0 Å². The number of carboxylic acid groups (broad SMARTS) is 1. The first-order valence-electron chi connectivity index (χ1n) is 6.30. The van der Waals surface area contributed by atoms with E-state index in [1.165, 1.54) is 10.8 Å². The molecule has 0 aromatic carbocycles. The molecular weight excluding hydrogens is 260 g/mol. The number of rotatable bonds is 2. The summed E-state index contributed by atoms with van der Waals surface area (Å²) < 4.78 is 1.17. The summed E-state index contributed by atoms with van der Waals surface area (Å²) in [7, 11) is 0. The SMILES string of the molecule is N[C@H]1CCN(Cc2cc3ccncc3n2C(=O)O)C1=O. The minimum absolute atomic E-state index is 0.134. The van der Waals surface area contributed by atoms with Gasteiger partial charge in [-0.2, -0.15) is 0 Å². The molecular formula is C13H14N4O3. The first-order chi connectivity index (χ1) is 9.58. The molecule has 0 unspecified atom stereocenters. The van der Waals surface area contributed by atoms with Crippen LogP contribution in [0.5, 0.6) is 0 Å². The summed E-state index contributed by atoms with van der Waals surface area (Å²) in [4.78, 5) is 28.8. The van der Waals surface area contributed by atoms with Crippen LogP contribution < -0.4 is 5.73 Å². The summed E-state index contributed by atoms with van der Waals surface area (Å²) >= 11 is 0. The maximum atomic E-state index is 11.8. The van der Waals surface area contributed by atoms with Crippen molar-refractivity contribution in [2.75, 3.05) is 6.54 Å². The van der Waals surface area contributed by atoms with E-state index < -0.39 is 12.1 Å². The first kappa shape index (κ1) is 12.6. The van der Waals surface area contributed by atoms with Crippen LogP contribution in [0.1, 0.15) is 12.1 Å². The topological polar surface area (TPSA) is 101 Å². The summed E-state index contributed by atoms with van der Waals surface area (Å²) in [5, 5.41) is 10.1. The van der Waals surface area contributed by atoms with Gasteiger partial charge in [-0.3, -0.25) is 9.78 Å². The Balaban J connectivity index is 2.01. The maximum absolute atomic E-state index is 11.8. The smallest absolute Gasteiger partial charge is 0.416 e. The van der Waals surface area contributed by atoms with Gasteiger partial charge in [0.05, 0.1) is 24.3 Å². The van der Waals surface area contributed by atoms with Crippen molar-refractivity contribution in [1.29, 1.82) is 0 Å². The largest absolute Gasteiger partial charge is 0.464 e. The Morgan fingerprint density at radius 2 is 2.35 bits per heavy atom. The lowest BCUT2D eigenvalue weighted by atomic mass is 10.3. The number of likely N-dealkylation sites (tertiary alicyclic amines) is 1. The zero-order chi connectivity index (χ0) is 14.3. The molecule has 1 aliphatic rings. The van der Waals surface area contributed by atoms with Crippen molar-refractivity contribution >= 4 is 22.9 Å². The molecule has 1 fully saturated rings. The number of carbonyl (C=O) groups excluding carboxylic acids is 1. The third-order valence-electron chi connectivity index (χ3n) is 3.57. The highest BCUT2D eigenvalue weighted by atomic mass is 16.4. The number of aromatic nitrogens is 2. The van der Waals surface area contributed by atoms with Crippen molar-refractivity contribution in [3.8, 4) is 0 Å². The van der Waals surface area contributed by atoms with Crippen LogP contribution >= 0.6 is 0 Å². The zero-order valence-electron chi connectivity index (χ0n) is 10.7. The second kappa shape index (κ2) is 4.61. The predicted octanol–water partition coefficient (Wildman–Crippen LogP) is 0.622. The van der Waals surface area contributed by atoms with Crippen LogP contribution in [0, 0.1) is 0 Å². The average molecular weight is 274 g/mol. The molecule has 0 bridgehead atoms. The van der Waals surface area contributed by atoms with Crippen molar-refractivity contribution in [1.82, 2.24) is 14.5 Å². The molecule has 2 aromatic heterocycles. The average Bonchev–Trinajstić information content (AvgIpc) is 2.93. The number of pyridine rings is 1. The molecule has 104 valence electrons. The second-order valence-corrected chi connectivity index (χ2v) is 4.84. The normalized spacial score (nSPS) is 18.9. The van der Waals surface area contributed by atoms with E-state index in [0.29, 0.717) is 24.2 Å². The number of hydrogen-bond donors (Lipinski definition) is 2. The van der Waals surface area contributed by atoms with Gasteiger partial charge in [0.15, 0.2) is 0 Å². The van der Waals surface area contributed by atoms with E-state index in [2.05, 4.69) is 4.98 Å². The first-order valence-corrected chi connectivity index (χ1v) is 6.30. The number of amides is 1. The van der Waals surface area contributed by atoms with Gasteiger partial charge in [-0.25, -0.2) is 9.36 Å². The number of hydrogen-bond acceptors (Lipinski definition) is 4. The maximum Gasteiger partial charge on any atom is 0.416 e. The fourth-order valence-electron chi connectivity index (χ4n) is 2.56. The summed E-state index contributed by atoms with van der Waals surface area (Å²) in [5.74, 6) is -0.134. The molecule has 3 heterocycles. The number of nitrogens with two attached hydrogens (primary N) is 1. The minimum Gasteiger partial charge on any atom is -0.464 e. The summed E-state index contributed by atoms with van der Waals surface area (Å²) in [6.07, 6.45) is 2.63. The molecule has 1 saturated heterocycles. The molecule has 1 atom stereocenters. The number of nitrogens with zero attached hydrogens (tertiary/aromatic N) is 3. The Kier molecular flexibility index (Phi) is 2.90. The van der Waals surface area contributed by atoms with Gasteiger partial charge in [-0.15, -0.1) is 0 Å². The van der Waals surface area contributed by atoms with Crippen molar-refractivity contribution in [3.05, 3.63) is 30.2 Å². The Hall–Kier alpha value is -2.41. The zero-order valence-corrected chi connectivity index (χ0v) is 10.7. The number of carbonyl (C=O) groups is 2. The van der Waals surface area contributed by atoms with E-state index in [0.717, 1.165) is 5.39 Å². The van der Waals surface area contributed by atoms with E-state index in [4.69, 9.17) is 5.73 Å². The second-order valence-electron chi connectivity index (χ2n) is 4.84. The van der Waals surface area contributed by atoms with Crippen LogP contribution in [-0.4, -0.2) is 44.1 Å². The molecule has 2 aromatic rings. The van der Waals surface area contributed by atoms with Crippen LogP contribution in [0.3, 0.4) is 0 Å². The lowest BCUT2D eigenvalue weighted by molar-refractivity contribution is -0.129.